The smallest absolute Gasteiger partial charge is 0.416 e. The van der Waals surface area contributed by atoms with Crippen molar-refractivity contribution in [3.8, 4) is 0 Å². The minimum absolute atomic E-state index is 0.0832. The lowest BCUT2D eigenvalue weighted by molar-refractivity contribution is -0.800. The Bertz CT molecular complexity index is 1010. The van der Waals surface area contributed by atoms with Gasteiger partial charge in [0, 0.05) is 11.6 Å². The zero-order valence-corrected chi connectivity index (χ0v) is 15.7. The summed E-state index contributed by atoms with van der Waals surface area (Å²) in [6.07, 6.45) is -1.64. The second-order valence-electron chi connectivity index (χ2n) is 6.16. The van der Waals surface area contributed by atoms with Crippen LogP contribution in [0.15, 0.2) is 45.7 Å². The summed E-state index contributed by atoms with van der Waals surface area (Å²) >= 11 is 0. The zero-order valence-electron chi connectivity index (χ0n) is 15.7. The second-order valence-corrected chi connectivity index (χ2v) is 6.16. The molecule has 10 heteroatoms. The zero-order chi connectivity index (χ0) is 21.8. The molecule has 29 heavy (non-hydrogen) atoms. The summed E-state index contributed by atoms with van der Waals surface area (Å²) in [5, 5.41) is 2.17. The molecule has 0 atom stereocenters. The molecular formula is C19H18F3N2O5+. The average molecular weight is 411 g/mol. The topological polar surface area (TPSA) is 90.0 Å². The maximum atomic E-state index is 12.8. The number of ether oxygens (including phenoxy) is 1. The molecule has 0 unspecified atom stereocenters. The van der Waals surface area contributed by atoms with Crippen LogP contribution >= 0.6 is 0 Å². The van der Waals surface area contributed by atoms with Crippen molar-refractivity contribution < 1.29 is 36.8 Å². The number of rotatable bonds is 5. The number of quaternary nitrogens is 1. The SMILES string of the molecule is COC(=O)c1cc(NC(=O)c2cccc(C(F)(F)F)c2)c(=O)oc1/C=C/[NH+](C)C. The quantitative estimate of drug-likeness (QED) is 0.733. The van der Waals surface area contributed by atoms with Gasteiger partial charge in [-0.3, -0.25) is 4.79 Å². The monoisotopic (exact) mass is 411 g/mol. The largest absolute Gasteiger partial charge is 0.465 e. The Morgan fingerprint density at radius 1 is 1.21 bits per heavy atom. The van der Waals surface area contributed by atoms with Gasteiger partial charge >= 0.3 is 17.8 Å². The van der Waals surface area contributed by atoms with E-state index < -0.39 is 34.9 Å². The van der Waals surface area contributed by atoms with Crippen LogP contribution in [0.5, 0.6) is 0 Å². The van der Waals surface area contributed by atoms with E-state index in [1.54, 1.807) is 20.3 Å². The maximum absolute atomic E-state index is 12.8. The van der Waals surface area contributed by atoms with Crippen LogP contribution in [0.4, 0.5) is 18.9 Å². The van der Waals surface area contributed by atoms with Gasteiger partial charge in [0.25, 0.3) is 5.91 Å². The number of esters is 1. The van der Waals surface area contributed by atoms with Crippen LogP contribution in [0.3, 0.4) is 0 Å². The second kappa shape index (κ2) is 8.74. The molecular weight excluding hydrogens is 393 g/mol. The summed E-state index contributed by atoms with van der Waals surface area (Å²) in [4.78, 5) is 37.3. The van der Waals surface area contributed by atoms with E-state index in [4.69, 9.17) is 4.42 Å². The lowest BCUT2D eigenvalue weighted by Crippen LogP contribution is -3.00. The molecule has 2 aromatic rings. The van der Waals surface area contributed by atoms with E-state index in [9.17, 15) is 27.6 Å². The summed E-state index contributed by atoms with van der Waals surface area (Å²) in [5.41, 5.74) is -2.87. The number of halogens is 3. The van der Waals surface area contributed by atoms with Crippen molar-refractivity contribution in [1.29, 1.82) is 0 Å². The minimum atomic E-state index is -4.63. The van der Waals surface area contributed by atoms with Crippen molar-refractivity contribution in [2.75, 3.05) is 26.5 Å². The number of anilines is 1. The number of amides is 1. The van der Waals surface area contributed by atoms with Gasteiger partial charge in [0.1, 0.15) is 11.3 Å². The Hall–Kier alpha value is -3.40. The Morgan fingerprint density at radius 2 is 1.90 bits per heavy atom. The van der Waals surface area contributed by atoms with E-state index >= 15 is 0 Å². The number of alkyl halides is 3. The Balaban J connectivity index is 2.41. The number of nitrogens with one attached hydrogen (secondary N) is 2. The van der Waals surface area contributed by atoms with Crippen LogP contribution < -0.4 is 15.8 Å². The minimum Gasteiger partial charge on any atom is -0.465 e. The van der Waals surface area contributed by atoms with E-state index in [0.717, 1.165) is 36.3 Å². The van der Waals surface area contributed by atoms with Crippen molar-refractivity contribution >= 4 is 23.6 Å². The standard InChI is InChI=1S/C19H17F3N2O5/c1-24(2)8-7-15-13(17(26)28-3)10-14(18(27)29-15)23-16(25)11-5-4-6-12(9-11)19(20,21)22/h4-10H,1-3H3,(H,23,25)/p+1/b8-7+. The van der Waals surface area contributed by atoms with E-state index in [0.29, 0.717) is 6.07 Å². The molecule has 1 aromatic carbocycles. The van der Waals surface area contributed by atoms with Crippen LogP contribution in [-0.2, 0) is 10.9 Å². The summed E-state index contributed by atoms with van der Waals surface area (Å²) in [5.74, 6) is -1.88. The third kappa shape index (κ3) is 5.55. The van der Waals surface area contributed by atoms with Crippen LogP contribution in [0.1, 0.15) is 32.0 Å². The van der Waals surface area contributed by atoms with E-state index in [-0.39, 0.29) is 16.9 Å². The van der Waals surface area contributed by atoms with Crippen molar-refractivity contribution in [3.63, 3.8) is 0 Å². The van der Waals surface area contributed by atoms with Crippen molar-refractivity contribution in [2.45, 2.75) is 6.18 Å². The molecule has 0 aliphatic heterocycles. The first-order chi connectivity index (χ1) is 13.5. The molecule has 7 nitrogen and oxygen atoms in total. The first-order valence-corrected chi connectivity index (χ1v) is 8.26. The highest BCUT2D eigenvalue weighted by Crippen LogP contribution is 2.29. The van der Waals surface area contributed by atoms with Gasteiger partial charge < -0.3 is 19.4 Å². The van der Waals surface area contributed by atoms with E-state index in [1.807, 2.05) is 0 Å². The van der Waals surface area contributed by atoms with Crippen molar-refractivity contribution in [1.82, 2.24) is 0 Å². The van der Waals surface area contributed by atoms with Crippen LogP contribution in [0.2, 0.25) is 0 Å². The normalized spacial score (nSPS) is 11.7. The summed E-state index contributed by atoms with van der Waals surface area (Å²) in [6, 6.07) is 4.74. The molecule has 0 radical (unpaired) electrons. The summed E-state index contributed by atoms with van der Waals surface area (Å²) in [6.45, 7) is 0. The van der Waals surface area contributed by atoms with Crippen LogP contribution in [0, 0.1) is 0 Å². The molecule has 0 spiro atoms. The molecule has 0 aliphatic carbocycles. The molecule has 0 saturated heterocycles. The molecule has 1 heterocycles. The first kappa shape index (κ1) is 21.9. The summed E-state index contributed by atoms with van der Waals surface area (Å²) in [7, 11) is 4.70. The van der Waals surface area contributed by atoms with Crippen LogP contribution in [-0.4, -0.2) is 33.1 Å². The van der Waals surface area contributed by atoms with Gasteiger partial charge in [0.05, 0.1) is 33.0 Å². The molecule has 0 saturated carbocycles. The molecule has 154 valence electrons. The van der Waals surface area contributed by atoms with Gasteiger partial charge in [0.2, 0.25) is 0 Å². The first-order valence-electron chi connectivity index (χ1n) is 8.26. The Morgan fingerprint density at radius 3 is 2.48 bits per heavy atom. The molecule has 1 aromatic heterocycles. The maximum Gasteiger partial charge on any atom is 0.416 e. The number of carbonyl (C=O) groups excluding carboxylic acids is 2. The van der Waals surface area contributed by atoms with Crippen molar-refractivity contribution in [3.05, 3.63) is 69.4 Å². The predicted molar refractivity (Wildman–Crippen MR) is 97.6 cm³/mol. The molecule has 2 N–H and O–H groups in total. The number of hydrogen-bond donors (Lipinski definition) is 2. The van der Waals surface area contributed by atoms with Crippen LogP contribution in [0.25, 0.3) is 6.08 Å². The number of carbonyl (C=O) groups is 2. The highest BCUT2D eigenvalue weighted by molar-refractivity contribution is 6.05. The summed E-state index contributed by atoms with van der Waals surface area (Å²) < 4.78 is 48.2. The lowest BCUT2D eigenvalue weighted by atomic mass is 10.1. The highest BCUT2D eigenvalue weighted by atomic mass is 19.4. The third-order valence-electron chi connectivity index (χ3n) is 3.65. The van der Waals surface area contributed by atoms with Gasteiger partial charge in [-0.25, -0.2) is 9.59 Å². The number of hydrogen-bond acceptors (Lipinski definition) is 5. The van der Waals surface area contributed by atoms with Gasteiger partial charge in [0.15, 0.2) is 5.76 Å². The van der Waals surface area contributed by atoms with E-state index in [2.05, 4.69) is 10.1 Å². The third-order valence-corrected chi connectivity index (χ3v) is 3.65. The fraction of sp³-hybridized carbons (Fsp3) is 0.211. The number of benzene rings is 1. The predicted octanol–water partition coefficient (Wildman–Crippen LogP) is 1.81. The van der Waals surface area contributed by atoms with Crippen molar-refractivity contribution in [2.24, 2.45) is 0 Å². The molecule has 2 rings (SSSR count). The molecule has 0 fully saturated rings. The van der Waals surface area contributed by atoms with E-state index in [1.165, 1.54) is 6.08 Å². The Labute approximate surface area is 163 Å². The molecule has 0 bridgehead atoms. The molecule has 0 aliphatic rings. The fourth-order valence-corrected chi connectivity index (χ4v) is 2.24. The highest BCUT2D eigenvalue weighted by Gasteiger charge is 2.31. The molecule has 1 amide bonds. The van der Waals surface area contributed by atoms with Gasteiger partial charge in [-0.15, -0.1) is 0 Å². The lowest BCUT2D eigenvalue weighted by Gasteiger charge is -2.10. The average Bonchev–Trinajstić information content (AvgIpc) is 2.66. The van der Waals surface area contributed by atoms with Gasteiger partial charge in [-0.2, -0.15) is 13.2 Å². The van der Waals surface area contributed by atoms with Gasteiger partial charge in [-0.1, -0.05) is 6.07 Å². The fourth-order valence-electron chi connectivity index (χ4n) is 2.24. The number of methoxy groups -OCH3 is 1. The Kier molecular flexibility index (Phi) is 6.60. The van der Waals surface area contributed by atoms with Gasteiger partial charge in [-0.05, 0) is 24.3 Å².